The van der Waals surface area contributed by atoms with Crippen molar-refractivity contribution in [2.24, 2.45) is 0 Å². The quantitative estimate of drug-likeness (QED) is 0.562. The molecule has 0 atom stereocenters. The van der Waals surface area contributed by atoms with Crippen LogP contribution in [0.2, 0.25) is 0 Å². The summed E-state index contributed by atoms with van der Waals surface area (Å²) in [6.45, 7) is 3.22. The Labute approximate surface area is 136 Å². The molecule has 0 saturated carbocycles. The number of carbonyl (C=O) groups excluding carboxylic acids is 3. The number of benzene rings is 1. The van der Waals surface area contributed by atoms with Gasteiger partial charge in [0.1, 0.15) is 0 Å². The molecule has 0 bridgehead atoms. The van der Waals surface area contributed by atoms with Crippen molar-refractivity contribution >= 4 is 46.0 Å². The Morgan fingerprint density at radius 1 is 1.00 bits per heavy atom. The molecule has 1 aliphatic heterocycles. The molecule has 21 heavy (non-hydrogen) atoms. The van der Waals surface area contributed by atoms with Gasteiger partial charge in [-0.05, 0) is 46.9 Å². The lowest BCUT2D eigenvalue weighted by atomic mass is 10.3. The van der Waals surface area contributed by atoms with Gasteiger partial charge < -0.3 is 15.1 Å². The molecule has 1 heterocycles. The lowest BCUT2D eigenvalue weighted by Gasteiger charge is -2.33. The lowest BCUT2D eigenvalue weighted by molar-refractivity contribution is -0.145. The summed E-state index contributed by atoms with van der Waals surface area (Å²) in [5, 5.41) is 2.59. The average molecular weight is 401 g/mol. The van der Waals surface area contributed by atoms with Crippen molar-refractivity contribution < 1.29 is 14.4 Å². The smallest absolute Gasteiger partial charge is 0.313 e. The Morgan fingerprint density at radius 2 is 1.52 bits per heavy atom. The number of nitrogens with one attached hydrogen (secondary N) is 1. The van der Waals surface area contributed by atoms with Gasteiger partial charge in [-0.15, -0.1) is 0 Å². The number of nitrogens with zero attached hydrogens (tertiary/aromatic N) is 2. The summed E-state index contributed by atoms with van der Waals surface area (Å²) in [7, 11) is 0. The number of amides is 3. The molecule has 0 unspecified atom stereocenters. The molecular weight excluding hydrogens is 385 g/mol. The first-order valence-electron chi connectivity index (χ1n) is 6.58. The standard InChI is InChI=1S/C14H16IN3O3/c1-10(19)17-6-8-18(9-7-17)14(21)13(20)16-12-4-2-11(15)3-5-12/h2-5H,6-9H2,1H3,(H,16,20). The molecule has 0 aliphatic carbocycles. The predicted octanol–water partition coefficient (Wildman–Crippen LogP) is 0.920. The number of anilines is 1. The van der Waals surface area contributed by atoms with Crippen LogP contribution in [0.1, 0.15) is 6.92 Å². The van der Waals surface area contributed by atoms with E-state index in [0.717, 1.165) is 3.57 Å². The monoisotopic (exact) mass is 401 g/mol. The largest absolute Gasteiger partial charge is 0.339 e. The summed E-state index contributed by atoms with van der Waals surface area (Å²) in [5.41, 5.74) is 0.594. The first kappa shape index (κ1) is 15.7. The van der Waals surface area contributed by atoms with Gasteiger partial charge in [0, 0.05) is 42.4 Å². The third kappa shape index (κ3) is 4.16. The topological polar surface area (TPSA) is 69.7 Å². The summed E-state index contributed by atoms with van der Waals surface area (Å²) < 4.78 is 1.05. The average Bonchev–Trinajstić information content (AvgIpc) is 2.49. The van der Waals surface area contributed by atoms with E-state index in [4.69, 9.17) is 0 Å². The van der Waals surface area contributed by atoms with E-state index in [1.807, 2.05) is 12.1 Å². The summed E-state index contributed by atoms with van der Waals surface area (Å²) >= 11 is 2.17. The molecule has 0 radical (unpaired) electrons. The SMILES string of the molecule is CC(=O)N1CCN(C(=O)C(=O)Nc2ccc(I)cc2)CC1. The maximum Gasteiger partial charge on any atom is 0.313 e. The number of halogens is 1. The normalized spacial score (nSPS) is 14.8. The van der Waals surface area contributed by atoms with Gasteiger partial charge in [0.15, 0.2) is 0 Å². The zero-order valence-electron chi connectivity index (χ0n) is 11.6. The van der Waals surface area contributed by atoms with E-state index >= 15 is 0 Å². The van der Waals surface area contributed by atoms with E-state index in [1.54, 1.807) is 17.0 Å². The molecule has 1 fully saturated rings. The fourth-order valence-corrected chi connectivity index (χ4v) is 2.45. The second kappa shape index (κ2) is 6.88. The Balaban J connectivity index is 1.90. The van der Waals surface area contributed by atoms with Crippen molar-refractivity contribution in [2.75, 3.05) is 31.5 Å². The van der Waals surface area contributed by atoms with Crippen LogP contribution >= 0.6 is 22.6 Å². The lowest BCUT2D eigenvalue weighted by Crippen LogP contribution is -2.52. The van der Waals surface area contributed by atoms with Crippen molar-refractivity contribution in [3.63, 3.8) is 0 Å². The highest BCUT2D eigenvalue weighted by molar-refractivity contribution is 14.1. The Bertz CT molecular complexity index is 551. The minimum absolute atomic E-state index is 0.00885. The number of rotatable bonds is 1. The third-order valence-corrected chi connectivity index (χ3v) is 4.03. The van der Waals surface area contributed by atoms with Gasteiger partial charge >= 0.3 is 11.8 Å². The molecule has 0 spiro atoms. The molecule has 1 aromatic carbocycles. The Hall–Kier alpha value is -1.64. The van der Waals surface area contributed by atoms with Crippen LogP contribution < -0.4 is 5.32 Å². The second-order valence-corrected chi connectivity index (χ2v) is 6.00. The maximum atomic E-state index is 12.1. The molecule has 1 saturated heterocycles. The third-order valence-electron chi connectivity index (χ3n) is 3.31. The van der Waals surface area contributed by atoms with Gasteiger partial charge in [0.2, 0.25) is 5.91 Å². The zero-order valence-corrected chi connectivity index (χ0v) is 13.8. The van der Waals surface area contributed by atoms with Crippen molar-refractivity contribution in [1.82, 2.24) is 9.80 Å². The van der Waals surface area contributed by atoms with Crippen LogP contribution in [0.3, 0.4) is 0 Å². The van der Waals surface area contributed by atoms with Crippen LogP contribution in [0.4, 0.5) is 5.69 Å². The molecule has 1 aromatic rings. The molecular formula is C14H16IN3O3. The van der Waals surface area contributed by atoms with Gasteiger partial charge in [-0.3, -0.25) is 14.4 Å². The highest BCUT2D eigenvalue weighted by atomic mass is 127. The Morgan fingerprint density at radius 3 is 2.05 bits per heavy atom. The van der Waals surface area contributed by atoms with Crippen molar-refractivity contribution in [3.05, 3.63) is 27.8 Å². The zero-order chi connectivity index (χ0) is 15.4. The van der Waals surface area contributed by atoms with Crippen molar-refractivity contribution in [3.8, 4) is 0 Å². The summed E-state index contributed by atoms with van der Waals surface area (Å²) in [6.07, 6.45) is 0. The molecule has 2 rings (SSSR count). The molecule has 112 valence electrons. The van der Waals surface area contributed by atoms with Crippen LogP contribution in [0.15, 0.2) is 24.3 Å². The summed E-state index contributed by atoms with van der Waals surface area (Å²) in [5.74, 6) is -1.21. The minimum Gasteiger partial charge on any atom is -0.339 e. The van der Waals surface area contributed by atoms with Crippen LogP contribution in [0, 0.1) is 3.57 Å². The molecule has 6 nitrogen and oxygen atoms in total. The fourth-order valence-electron chi connectivity index (χ4n) is 2.09. The Kier molecular flexibility index (Phi) is 5.16. The van der Waals surface area contributed by atoms with Crippen LogP contribution in [0.5, 0.6) is 0 Å². The van der Waals surface area contributed by atoms with Crippen LogP contribution in [-0.4, -0.2) is 53.7 Å². The highest BCUT2D eigenvalue weighted by Crippen LogP contribution is 2.11. The molecule has 1 N–H and O–H groups in total. The summed E-state index contributed by atoms with van der Waals surface area (Å²) in [4.78, 5) is 38.3. The van der Waals surface area contributed by atoms with E-state index in [-0.39, 0.29) is 5.91 Å². The van der Waals surface area contributed by atoms with E-state index in [0.29, 0.717) is 31.9 Å². The number of hydrogen-bond acceptors (Lipinski definition) is 3. The molecule has 0 aromatic heterocycles. The fraction of sp³-hybridized carbons (Fsp3) is 0.357. The van der Waals surface area contributed by atoms with E-state index in [1.165, 1.54) is 11.8 Å². The maximum absolute atomic E-state index is 12.1. The van der Waals surface area contributed by atoms with Gasteiger partial charge in [0.25, 0.3) is 0 Å². The molecule has 3 amide bonds. The second-order valence-electron chi connectivity index (χ2n) is 4.76. The molecule has 7 heteroatoms. The van der Waals surface area contributed by atoms with E-state index < -0.39 is 11.8 Å². The highest BCUT2D eigenvalue weighted by Gasteiger charge is 2.26. The minimum atomic E-state index is -0.646. The first-order chi connectivity index (χ1) is 9.97. The van der Waals surface area contributed by atoms with E-state index in [2.05, 4.69) is 27.9 Å². The first-order valence-corrected chi connectivity index (χ1v) is 7.66. The van der Waals surface area contributed by atoms with Crippen molar-refractivity contribution in [1.29, 1.82) is 0 Å². The van der Waals surface area contributed by atoms with Gasteiger partial charge in [-0.25, -0.2) is 0 Å². The van der Waals surface area contributed by atoms with Crippen molar-refractivity contribution in [2.45, 2.75) is 6.92 Å². The van der Waals surface area contributed by atoms with Crippen LogP contribution in [-0.2, 0) is 14.4 Å². The number of hydrogen-bond donors (Lipinski definition) is 1. The number of piperazine rings is 1. The number of carbonyl (C=O) groups is 3. The van der Waals surface area contributed by atoms with Gasteiger partial charge in [-0.1, -0.05) is 0 Å². The summed E-state index contributed by atoms with van der Waals surface area (Å²) in [6, 6.07) is 7.21. The van der Waals surface area contributed by atoms with Gasteiger partial charge in [0.05, 0.1) is 0 Å². The van der Waals surface area contributed by atoms with Gasteiger partial charge in [-0.2, -0.15) is 0 Å². The predicted molar refractivity (Wildman–Crippen MR) is 86.6 cm³/mol. The van der Waals surface area contributed by atoms with Crippen LogP contribution in [0.25, 0.3) is 0 Å². The van der Waals surface area contributed by atoms with E-state index in [9.17, 15) is 14.4 Å². The molecule has 1 aliphatic rings.